The maximum atomic E-state index is 11.5. The summed E-state index contributed by atoms with van der Waals surface area (Å²) < 4.78 is 10.2. The summed E-state index contributed by atoms with van der Waals surface area (Å²) >= 11 is 0. The van der Waals surface area contributed by atoms with Gasteiger partial charge in [-0.1, -0.05) is 13.8 Å². The Bertz CT molecular complexity index is 197. The molecule has 0 aliphatic carbocycles. The third-order valence-electron chi connectivity index (χ3n) is 2.64. The number of rotatable bonds is 9. The van der Waals surface area contributed by atoms with Crippen LogP contribution >= 0.6 is 0 Å². The standard InChI is InChI=1S/C12H25NO3/c1-5-8-13-12(6-2,10-15-4)9-11(14)16-7-3/h13H,5-10H2,1-4H3. The first-order valence-electron chi connectivity index (χ1n) is 6.03. The number of hydrogen-bond donors (Lipinski definition) is 1. The molecule has 0 aliphatic heterocycles. The molecule has 1 N–H and O–H groups in total. The highest BCUT2D eigenvalue weighted by atomic mass is 16.5. The second-order valence-corrected chi connectivity index (χ2v) is 3.98. The zero-order valence-electron chi connectivity index (χ0n) is 11.0. The molecular formula is C12H25NO3. The van der Waals surface area contributed by atoms with E-state index in [1.807, 2.05) is 6.92 Å². The summed E-state index contributed by atoms with van der Waals surface area (Å²) in [5, 5.41) is 3.40. The van der Waals surface area contributed by atoms with E-state index in [1.165, 1.54) is 0 Å². The molecule has 4 heteroatoms. The second kappa shape index (κ2) is 8.53. The first-order chi connectivity index (χ1) is 7.64. The molecule has 0 aliphatic rings. The van der Waals surface area contributed by atoms with E-state index >= 15 is 0 Å². The normalized spacial score (nSPS) is 14.5. The van der Waals surface area contributed by atoms with Crippen LogP contribution in [0.2, 0.25) is 0 Å². The topological polar surface area (TPSA) is 47.6 Å². The highest BCUT2D eigenvalue weighted by molar-refractivity contribution is 5.70. The number of ether oxygens (including phenoxy) is 2. The van der Waals surface area contributed by atoms with Crippen LogP contribution in [0.15, 0.2) is 0 Å². The summed E-state index contributed by atoms with van der Waals surface area (Å²) in [6.07, 6.45) is 2.25. The zero-order chi connectivity index (χ0) is 12.4. The molecule has 0 bridgehead atoms. The minimum absolute atomic E-state index is 0.162. The van der Waals surface area contributed by atoms with Gasteiger partial charge in [-0.05, 0) is 26.3 Å². The van der Waals surface area contributed by atoms with Gasteiger partial charge in [-0.15, -0.1) is 0 Å². The van der Waals surface area contributed by atoms with Gasteiger partial charge in [0.15, 0.2) is 0 Å². The Morgan fingerprint density at radius 1 is 1.31 bits per heavy atom. The predicted octanol–water partition coefficient (Wildman–Crippen LogP) is 1.73. The molecular weight excluding hydrogens is 206 g/mol. The third-order valence-corrected chi connectivity index (χ3v) is 2.64. The Morgan fingerprint density at radius 3 is 2.44 bits per heavy atom. The minimum Gasteiger partial charge on any atom is -0.466 e. The molecule has 16 heavy (non-hydrogen) atoms. The molecule has 0 rings (SSSR count). The van der Waals surface area contributed by atoms with Crippen LogP contribution in [0.25, 0.3) is 0 Å². The van der Waals surface area contributed by atoms with Crippen LogP contribution in [0.5, 0.6) is 0 Å². The number of carbonyl (C=O) groups excluding carboxylic acids is 1. The van der Waals surface area contributed by atoms with E-state index in [0.29, 0.717) is 19.6 Å². The van der Waals surface area contributed by atoms with Gasteiger partial charge in [-0.3, -0.25) is 4.79 Å². The molecule has 4 nitrogen and oxygen atoms in total. The number of methoxy groups -OCH3 is 1. The van der Waals surface area contributed by atoms with Crippen molar-refractivity contribution in [2.45, 2.75) is 45.6 Å². The van der Waals surface area contributed by atoms with Crippen LogP contribution in [-0.4, -0.2) is 38.4 Å². The van der Waals surface area contributed by atoms with Gasteiger partial charge in [-0.2, -0.15) is 0 Å². The summed E-state index contributed by atoms with van der Waals surface area (Å²) in [5.74, 6) is -0.162. The Labute approximate surface area is 98.7 Å². The number of hydrogen-bond acceptors (Lipinski definition) is 4. The SMILES string of the molecule is CCCNC(CC)(COC)CC(=O)OCC. The quantitative estimate of drug-likeness (QED) is 0.614. The van der Waals surface area contributed by atoms with E-state index in [0.717, 1.165) is 19.4 Å². The van der Waals surface area contributed by atoms with Gasteiger partial charge < -0.3 is 14.8 Å². The Balaban J connectivity index is 4.41. The van der Waals surface area contributed by atoms with Crippen LogP contribution < -0.4 is 5.32 Å². The Hall–Kier alpha value is -0.610. The van der Waals surface area contributed by atoms with Gasteiger partial charge >= 0.3 is 5.97 Å². The van der Waals surface area contributed by atoms with Crippen LogP contribution in [0, 0.1) is 0 Å². The lowest BCUT2D eigenvalue weighted by Gasteiger charge is -2.32. The molecule has 0 amide bonds. The average Bonchev–Trinajstić information content (AvgIpc) is 2.26. The molecule has 0 saturated heterocycles. The molecule has 0 heterocycles. The van der Waals surface area contributed by atoms with E-state index in [1.54, 1.807) is 7.11 Å². The molecule has 0 aromatic rings. The van der Waals surface area contributed by atoms with Crippen molar-refractivity contribution < 1.29 is 14.3 Å². The van der Waals surface area contributed by atoms with Crippen LogP contribution in [-0.2, 0) is 14.3 Å². The van der Waals surface area contributed by atoms with Gasteiger partial charge in [-0.25, -0.2) is 0 Å². The Morgan fingerprint density at radius 2 is 2.00 bits per heavy atom. The molecule has 0 aromatic carbocycles. The second-order valence-electron chi connectivity index (χ2n) is 3.98. The Kier molecular flexibility index (Phi) is 8.21. The van der Waals surface area contributed by atoms with Crippen LogP contribution in [0.1, 0.15) is 40.0 Å². The molecule has 0 saturated carbocycles. The van der Waals surface area contributed by atoms with E-state index in [2.05, 4.69) is 19.2 Å². The lowest BCUT2D eigenvalue weighted by atomic mass is 9.92. The fourth-order valence-electron chi connectivity index (χ4n) is 1.67. The summed E-state index contributed by atoms with van der Waals surface area (Å²) in [6, 6.07) is 0. The van der Waals surface area contributed by atoms with Gasteiger partial charge in [0, 0.05) is 7.11 Å². The maximum absolute atomic E-state index is 11.5. The average molecular weight is 231 g/mol. The molecule has 1 unspecified atom stereocenters. The van der Waals surface area contributed by atoms with Crippen molar-refractivity contribution in [2.75, 3.05) is 26.9 Å². The lowest BCUT2D eigenvalue weighted by Crippen LogP contribution is -2.50. The summed E-state index contributed by atoms with van der Waals surface area (Å²) in [7, 11) is 1.66. The summed E-state index contributed by atoms with van der Waals surface area (Å²) in [5.41, 5.74) is -0.281. The third kappa shape index (κ3) is 5.47. The number of esters is 1. The predicted molar refractivity (Wildman–Crippen MR) is 64.4 cm³/mol. The van der Waals surface area contributed by atoms with Crippen molar-refractivity contribution in [1.82, 2.24) is 5.32 Å². The van der Waals surface area contributed by atoms with Crippen molar-refractivity contribution in [3.8, 4) is 0 Å². The van der Waals surface area contributed by atoms with Gasteiger partial charge in [0.1, 0.15) is 0 Å². The highest BCUT2D eigenvalue weighted by Gasteiger charge is 2.30. The molecule has 0 aromatic heterocycles. The summed E-state index contributed by atoms with van der Waals surface area (Å²) in [6.45, 7) is 7.82. The minimum atomic E-state index is -0.281. The van der Waals surface area contributed by atoms with Gasteiger partial charge in [0.05, 0.1) is 25.2 Å². The van der Waals surface area contributed by atoms with E-state index in [9.17, 15) is 4.79 Å². The van der Waals surface area contributed by atoms with E-state index in [-0.39, 0.29) is 11.5 Å². The van der Waals surface area contributed by atoms with Crippen molar-refractivity contribution in [2.24, 2.45) is 0 Å². The van der Waals surface area contributed by atoms with E-state index in [4.69, 9.17) is 9.47 Å². The molecule has 0 fully saturated rings. The van der Waals surface area contributed by atoms with Crippen LogP contribution in [0.3, 0.4) is 0 Å². The van der Waals surface area contributed by atoms with Crippen LogP contribution in [0.4, 0.5) is 0 Å². The summed E-state index contributed by atoms with van der Waals surface area (Å²) in [4.78, 5) is 11.5. The number of nitrogens with one attached hydrogen (secondary N) is 1. The molecule has 0 spiro atoms. The van der Waals surface area contributed by atoms with Gasteiger partial charge in [0.25, 0.3) is 0 Å². The first-order valence-corrected chi connectivity index (χ1v) is 6.03. The maximum Gasteiger partial charge on any atom is 0.307 e. The monoisotopic (exact) mass is 231 g/mol. The molecule has 1 atom stereocenters. The lowest BCUT2D eigenvalue weighted by molar-refractivity contribution is -0.145. The first kappa shape index (κ1) is 15.4. The smallest absolute Gasteiger partial charge is 0.307 e. The number of carbonyl (C=O) groups is 1. The van der Waals surface area contributed by atoms with E-state index < -0.39 is 0 Å². The van der Waals surface area contributed by atoms with Crippen molar-refractivity contribution >= 4 is 5.97 Å². The zero-order valence-corrected chi connectivity index (χ0v) is 11.0. The molecule has 0 radical (unpaired) electrons. The van der Waals surface area contributed by atoms with Crippen molar-refractivity contribution in [3.63, 3.8) is 0 Å². The largest absolute Gasteiger partial charge is 0.466 e. The van der Waals surface area contributed by atoms with Crippen molar-refractivity contribution in [1.29, 1.82) is 0 Å². The molecule has 96 valence electrons. The van der Waals surface area contributed by atoms with Gasteiger partial charge in [0.2, 0.25) is 0 Å². The fourth-order valence-corrected chi connectivity index (χ4v) is 1.67. The highest BCUT2D eigenvalue weighted by Crippen LogP contribution is 2.17. The van der Waals surface area contributed by atoms with Crippen molar-refractivity contribution in [3.05, 3.63) is 0 Å². The fraction of sp³-hybridized carbons (Fsp3) is 0.917.